The Balaban J connectivity index is 2.71. The summed E-state index contributed by atoms with van der Waals surface area (Å²) in [5.41, 5.74) is 1.56. The van der Waals surface area contributed by atoms with Gasteiger partial charge in [-0.25, -0.2) is 0 Å². The van der Waals surface area contributed by atoms with Crippen molar-refractivity contribution in [2.75, 3.05) is 18.5 Å². The Kier molecular flexibility index (Phi) is 5.06. The molecule has 0 fully saturated rings. The van der Waals surface area contributed by atoms with E-state index in [4.69, 9.17) is 11.6 Å². The first kappa shape index (κ1) is 12.8. The maximum absolute atomic E-state index is 10.6. The first-order valence-electron chi connectivity index (χ1n) is 5.25. The van der Waals surface area contributed by atoms with Crippen molar-refractivity contribution >= 4 is 23.6 Å². The van der Waals surface area contributed by atoms with E-state index in [0.717, 1.165) is 31.4 Å². The van der Waals surface area contributed by atoms with Gasteiger partial charge < -0.3 is 4.90 Å². The minimum absolute atomic E-state index is 0.605. The Morgan fingerprint density at radius 1 is 1.50 bits per heavy atom. The molecule has 0 unspecified atom stereocenters. The molecule has 0 saturated carbocycles. The number of hydrogen-bond donors (Lipinski definition) is 0. The van der Waals surface area contributed by atoms with Crippen LogP contribution in [0.2, 0.25) is 5.02 Å². The fourth-order valence-electron chi connectivity index (χ4n) is 1.50. The van der Waals surface area contributed by atoms with Crippen molar-refractivity contribution in [2.24, 2.45) is 0 Å². The molecule has 1 aromatic carbocycles. The topological polar surface area (TPSA) is 20.3 Å². The van der Waals surface area contributed by atoms with Gasteiger partial charge in [0.25, 0.3) is 0 Å². The van der Waals surface area contributed by atoms with Gasteiger partial charge >= 0.3 is 0 Å². The van der Waals surface area contributed by atoms with Crippen LogP contribution < -0.4 is 4.90 Å². The van der Waals surface area contributed by atoms with Gasteiger partial charge in [0.05, 0.1) is 10.7 Å². The number of nitrogens with zero attached hydrogens (tertiary/aromatic N) is 1. The van der Waals surface area contributed by atoms with E-state index in [1.807, 2.05) is 19.2 Å². The Hall–Kier alpha value is -1.28. The molecule has 16 heavy (non-hydrogen) atoms. The van der Waals surface area contributed by atoms with Gasteiger partial charge in [-0.05, 0) is 31.0 Å². The van der Waals surface area contributed by atoms with Crippen molar-refractivity contribution in [3.8, 4) is 0 Å². The van der Waals surface area contributed by atoms with Crippen LogP contribution in [0, 0.1) is 0 Å². The third-order valence-electron chi connectivity index (χ3n) is 2.42. The van der Waals surface area contributed by atoms with Gasteiger partial charge in [-0.3, -0.25) is 4.79 Å². The molecule has 0 spiro atoms. The van der Waals surface area contributed by atoms with Crippen LogP contribution in [0.25, 0.3) is 0 Å². The molecule has 1 rings (SSSR count). The molecule has 0 N–H and O–H groups in total. The summed E-state index contributed by atoms with van der Waals surface area (Å²) in [5, 5.41) is 0.616. The summed E-state index contributed by atoms with van der Waals surface area (Å²) in [4.78, 5) is 12.7. The number of unbranched alkanes of at least 4 members (excludes halogenated alkanes) is 1. The molecular formula is C13H16ClNO. The van der Waals surface area contributed by atoms with Crippen LogP contribution in [0.4, 0.5) is 5.69 Å². The zero-order chi connectivity index (χ0) is 12.0. The number of halogens is 1. The lowest BCUT2D eigenvalue weighted by Crippen LogP contribution is -2.18. The van der Waals surface area contributed by atoms with Crippen LogP contribution in [0.3, 0.4) is 0 Å². The van der Waals surface area contributed by atoms with Crippen LogP contribution in [0.15, 0.2) is 30.9 Å². The van der Waals surface area contributed by atoms with E-state index >= 15 is 0 Å². The van der Waals surface area contributed by atoms with Gasteiger partial charge in [0.1, 0.15) is 6.29 Å². The lowest BCUT2D eigenvalue weighted by molar-refractivity contribution is 0.112. The number of aldehydes is 1. The Morgan fingerprint density at radius 3 is 2.81 bits per heavy atom. The van der Waals surface area contributed by atoms with Crippen LogP contribution in [-0.4, -0.2) is 19.9 Å². The maximum Gasteiger partial charge on any atom is 0.150 e. The quantitative estimate of drug-likeness (QED) is 0.428. The normalized spacial score (nSPS) is 9.88. The van der Waals surface area contributed by atoms with Crippen LogP contribution in [0.1, 0.15) is 23.2 Å². The van der Waals surface area contributed by atoms with Gasteiger partial charge in [-0.15, -0.1) is 6.58 Å². The maximum atomic E-state index is 10.6. The third-order valence-corrected chi connectivity index (χ3v) is 2.72. The first-order chi connectivity index (χ1) is 7.69. The summed E-state index contributed by atoms with van der Waals surface area (Å²) in [7, 11) is 1.99. The fourth-order valence-corrected chi connectivity index (χ4v) is 1.83. The molecule has 0 aliphatic rings. The number of allylic oxidation sites excluding steroid dienone is 1. The number of carbonyl (C=O) groups excluding carboxylic acids is 1. The molecule has 3 heteroatoms. The van der Waals surface area contributed by atoms with Crippen LogP contribution in [-0.2, 0) is 0 Å². The molecular weight excluding hydrogens is 222 g/mol. The second-order valence-electron chi connectivity index (χ2n) is 3.68. The average Bonchev–Trinajstić information content (AvgIpc) is 2.29. The monoisotopic (exact) mass is 237 g/mol. The van der Waals surface area contributed by atoms with E-state index in [9.17, 15) is 4.79 Å². The van der Waals surface area contributed by atoms with Crippen LogP contribution >= 0.6 is 11.6 Å². The zero-order valence-corrected chi connectivity index (χ0v) is 10.2. The second kappa shape index (κ2) is 6.33. The summed E-state index contributed by atoms with van der Waals surface area (Å²) in [6, 6.07) is 5.34. The first-order valence-corrected chi connectivity index (χ1v) is 5.63. The molecule has 2 nitrogen and oxygen atoms in total. The number of anilines is 1. The number of hydrogen-bond acceptors (Lipinski definition) is 2. The van der Waals surface area contributed by atoms with Gasteiger partial charge in [0, 0.05) is 19.2 Å². The summed E-state index contributed by atoms with van der Waals surface area (Å²) in [5.74, 6) is 0. The molecule has 0 heterocycles. The van der Waals surface area contributed by atoms with E-state index in [2.05, 4.69) is 11.5 Å². The SMILES string of the molecule is C=CCCCN(C)c1ccc(C=O)cc1Cl. The van der Waals surface area contributed by atoms with E-state index < -0.39 is 0 Å². The largest absolute Gasteiger partial charge is 0.373 e. The predicted molar refractivity (Wildman–Crippen MR) is 69.5 cm³/mol. The van der Waals surface area contributed by atoms with Crippen molar-refractivity contribution in [3.05, 3.63) is 41.4 Å². The van der Waals surface area contributed by atoms with Crippen molar-refractivity contribution in [1.82, 2.24) is 0 Å². The molecule has 0 amide bonds. The van der Waals surface area contributed by atoms with Crippen LogP contribution in [0.5, 0.6) is 0 Å². The molecule has 0 aliphatic carbocycles. The molecule has 1 aromatic rings. The number of carbonyl (C=O) groups is 1. The lowest BCUT2D eigenvalue weighted by atomic mass is 10.2. The van der Waals surface area contributed by atoms with E-state index in [1.54, 1.807) is 12.1 Å². The van der Waals surface area contributed by atoms with Gasteiger partial charge in [-0.2, -0.15) is 0 Å². The second-order valence-corrected chi connectivity index (χ2v) is 4.09. The highest BCUT2D eigenvalue weighted by Crippen LogP contribution is 2.25. The molecule has 0 atom stereocenters. The highest BCUT2D eigenvalue weighted by atomic mass is 35.5. The summed E-state index contributed by atoms with van der Waals surface area (Å²) < 4.78 is 0. The van der Waals surface area contributed by atoms with Gasteiger partial charge in [0.15, 0.2) is 0 Å². The van der Waals surface area contributed by atoms with Crippen molar-refractivity contribution in [2.45, 2.75) is 12.8 Å². The molecule has 0 aromatic heterocycles. The molecule has 0 aliphatic heterocycles. The van der Waals surface area contributed by atoms with E-state index in [0.29, 0.717) is 10.6 Å². The van der Waals surface area contributed by atoms with Crippen molar-refractivity contribution < 1.29 is 4.79 Å². The highest BCUT2D eigenvalue weighted by Gasteiger charge is 2.06. The fraction of sp³-hybridized carbons (Fsp3) is 0.308. The standard InChI is InChI=1S/C13H16ClNO/c1-3-4-5-8-15(2)13-7-6-11(10-16)9-12(13)14/h3,6-7,9-10H,1,4-5,8H2,2H3. The average molecular weight is 238 g/mol. The van der Waals surface area contributed by atoms with Crippen molar-refractivity contribution in [3.63, 3.8) is 0 Å². The zero-order valence-electron chi connectivity index (χ0n) is 9.45. The number of rotatable bonds is 6. The minimum atomic E-state index is 0.605. The van der Waals surface area contributed by atoms with Gasteiger partial charge in [-0.1, -0.05) is 17.7 Å². The summed E-state index contributed by atoms with van der Waals surface area (Å²) >= 11 is 6.10. The molecule has 0 radical (unpaired) electrons. The van der Waals surface area contributed by atoms with Gasteiger partial charge in [0.2, 0.25) is 0 Å². The molecule has 0 bridgehead atoms. The number of benzene rings is 1. The molecule has 0 saturated heterocycles. The Bertz CT molecular complexity index is 376. The van der Waals surface area contributed by atoms with Crippen molar-refractivity contribution in [1.29, 1.82) is 0 Å². The lowest BCUT2D eigenvalue weighted by Gasteiger charge is -2.20. The predicted octanol–water partition coefficient (Wildman–Crippen LogP) is 3.55. The molecule has 86 valence electrons. The smallest absolute Gasteiger partial charge is 0.150 e. The highest BCUT2D eigenvalue weighted by molar-refractivity contribution is 6.33. The summed E-state index contributed by atoms with van der Waals surface area (Å²) in [6.07, 6.45) is 4.75. The summed E-state index contributed by atoms with van der Waals surface area (Å²) in [6.45, 7) is 4.61. The third kappa shape index (κ3) is 3.38. The van der Waals surface area contributed by atoms with E-state index in [-0.39, 0.29) is 0 Å². The Labute approximate surface area is 102 Å². The van der Waals surface area contributed by atoms with E-state index in [1.165, 1.54) is 0 Å². The Morgan fingerprint density at radius 2 is 2.25 bits per heavy atom. The minimum Gasteiger partial charge on any atom is -0.373 e.